The second-order valence-electron chi connectivity index (χ2n) is 16.8. The smallest absolute Gasteiger partial charge is 0.309 e. The third-order valence-corrected chi connectivity index (χ3v) is 10.3. The van der Waals surface area contributed by atoms with E-state index in [0.717, 1.165) is 32.1 Å². The lowest BCUT2D eigenvalue weighted by molar-refractivity contribution is -0.180. The van der Waals surface area contributed by atoms with Crippen LogP contribution in [0.5, 0.6) is 0 Å². The van der Waals surface area contributed by atoms with Crippen molar-refractivity contribution in [1.82, 2.24) is 9.80 Å². The van der Waals surface area contributed by atoms with Gasteiger partial charge in [0.2, 0.25) is 6.29 Å². The maximum Gasteiger partial charge on any atom is 0.309 e. The molecule has 0 aliphatic carbocycles. The number of esters is 2. The van der Waals surface area contributed by atoms with Gasteiger partial charge in [0.15, 0.2) is 0 Å². The van der Waals surface area contributed by atoms with E-state index >= 15 is 0 Å². The molecule has 2 N–H and O–H groups in total. The Morgan fingerprint density at radius 3 is 1.14 bits per heavy atom. The van der Waals surface area contributed by atoms with Gasteiger partial charge < -0.3 is 34.2 Å². The summed E-state index contributed by atoms with van der Waals surface area (Å²) in [5.41, 5.74) is 0. The van der Waals surface area contributed by atoms with Gasteiger partial charge in [0.05, 0.1) is 18.9 Å². The number of carbonyl (C=O) groups excluding carboxylic acids is 2. The quantitative estimate of drug-likeness (QED) is 0.0456. The largest absolute Gasteiger partial charge is 0.481 e. The fraction of sp³-hybridized carbons (Fsp3) is 0.915. The lowest BCUT2D eigenvalue weighted by Gasteiger charge is -2.16. The van der Waals surface area contributed by atoms with Crippen LogP contribution in [0, 0.1) is 0 Å². The SMILES string of the molecule is CCCCCCCCCCCCCCCC(=O)O.CCCCCCCCCCCCCCCC(=O)O.CN(C)CCC(=O)OCC1CC[C@H](OC(=O)CCN(C)C)O1. The summed E-state index contributed by atoms with van der Waals surface area (Å²) in [6, 6.07) is 0. The zero-order valence-corrected chi connectivity index (χ0v) is 38.6. The molecule has 2 atom stereocenters. The molecule has 11 heteroatoms. The summed E-state index contributed by atoms with van der Waals surface area (Å²) < 4.78 is 16.0. The van der Waals surface area contributed by atoms with Crippen molar-refractivity contribution in [2.24, 2.45) is 0 Å². The average molecular weight is 829 g/mol. The molecule has 0 aromatic rings. The van der Waals surface area contributed by atoms with Crippen molar-refractivity contribution in [1.29, 1.82) is 0 Å². The summed E-state index contributed by atoms with van der Waals surface area (Å²) >= 11 is 0. The maximum atomic E-state index is 11.6. The minimum atomic E-state index is -0.655. The van der Waals surface area contributed by atoms with E-state index in [1.54, 1.807) is 0 Å². The van der Waals surface area contributed by atoms with Crippen LogP contribution in [0.4, 0.5) is 0 Å². The van der Waals surface area contributed by atoms with E-state index in [0.29, 0.717) is 45.2 Å². The van der Waals surface area contributed by atoms with Crippen LogP contribution in [0.1, 0.15) is 219 Å². The molecule has 1 rings (SSSR count). The van der Waals surface area contributed by atoms with Gasteiger partial charge in [-0.15, -0.1) is 0 Å². The van der Waals surface area contributed by atoms with E-state index in [-0.39, 0.29) is 24.6 Å². The molecule has 0 saturated carbocycles. The fourth-order valence-corrected chi connectivity index (χ4v) is 6.56. The van der Waals surface area contributed by atoms with Gasteiger partial charge in [-0.3, -0.25) is 19.2 Å². The highest BCUT2D eigenvalue weighted by Gasteiger charge is 2.29. The Hall–Kier alpha value is -2.24. The number of carboxylic acids is 2. The fourth-order valence-electron chi connectivity index (χ4n) is 6.56. The topological polar surface area (TPSA) is 143 Å². The minimum Gasteiger partial charge on any atom is -0.481 e. The van der Waals surface area contributed by atoms with E-state index in [4.69, 9.17) is 24.4 Å². The highest BCUT2D eigenvalue weighted by molar-refractivity contribution is 5.70. The summed E-state index contributed by atoms with van der Waals surface area (Å²) in [6.45, 7) is 6.06. The van der Waals surface area contributed by atoms with Gasteiger partial charge in [0.25, 0.3) is 0 Å². The van der Waals surface area contributed by atoms with Crippen molar-refractivity contribution in [3.63, 3.8) is 0 Å². The molecule has 1 saturated heterocycles. The first-order valence-electron chi connectivity index (χ1n) is 23.6. The van der Waals surface area contributed by atoms with Crippen molar-refractivity contribution in [3.8, 4) is 0 Å². The third kappa shape index (κ3) is 48.1. The summed E-state index contributed by atoms with van der Waals surface area (Å²) in [4.78, 5) is 47.6. The standard InChI is InChI=1S/2C16H32O2.C15H28N2O5/c2*1-2-3-4-5-6-7-8-9-10-11-12-13-14-15-16(17)18;1-16(2)9-7-13(18)20-11-12-5-6-15(21-12)22-14(19)8-10-17(3)4/h2*2-15H2,1H3,(H,17,18);12,15H,5-11H2,1-4H3/t;;12?,15-/m..0/s1. The predicted molar refractivity (Wildman–Crippen MR) is 237 cm³/mol. The molecule has 0 amide bonds. The summed E-state index contributed by atoms with van der Waals surface area (Å²) in [7, 11) is 7.62. The Morgan fingerprint density at radius 1 is 0.483 bits per heavy atom. The molecule has 1 aliphatic rings. The van der Waals surface area contributed by atoms with Crippen LogP contribution in [0.15, 0.2) is 0 Å². The summed E-state index contributed by atoms with van der Waals surface area (Å²) in [5, 5.41) is 17.0. The first-order valence-corrected chi connectivity index (χ1v) is 23.6. The normalized spacial score (nSPS) is 14.8. The van der Waals surface area contributed by atoms with Gasteiger partial charge in [-0.1, -0.05) is 168 Å². The number of hydrogen-bond donors (Lipinski definition) is 2. The monoisotopic (exact) mass is 829 g/mol. The Balaban J connectivity index is 0. The van der Waals surface area contributed by atoms with E-state index in [9.17, 15) is 19.2 Å². The zero-order valence-electron chi connectivity index (χ0n) is 38.6. The van der Waals surface area contributed by atoms with Crippen molar-refractivity contribution < 1.29 is 43.6 Å². The van der Waals surface area contributed by atoms with Crippen molar-refractivity contribution in [2.45, 2.75) is 232 Å². The van der Waals surface area contributed by atoms with E-state index in [1.807, 2.05) is 38.0 Å². The molecule has 11 nitrogen and oxygen atoms in total. The minimum absolute atomic E-state index is 0.185. The van der Waals surface area contributed by atoms with Crippen LogP contribution in [-0.2, 0) is 33.4 Å². The van der Waals surface area contributed by atoms with Crippen LogP contribution in [0.25, 0.3) is 0 Å². The van der Waals surface area contributed by atoms with Crippen LogP contribution in [-0.4, -0.2) is 104 Å². The Kier molecular flexibility index (Phi) is 44.2. The van der Waals surface area contributed by atoms with Gasteiger partial charge >= 0.3 is 23.9 Å². The highest BCUT2D eigenvalue weighted by atomic mass is 16.7. The second kappa shape index (κ2) is 44.3. The number of aliphatic carboxylic acids is 2. The maximum absolute atomic E-state index is 11.6. The molecule has 58 heavy (non-hydrogen) atoms. The van der Waals surface area contributed by atoms with Crippen molar-refractivity contribution >= 4 is 23.9 Å². The summed E-state index contributed by atoms with van der Waals surface area (Å²) in [6.07, 6.45) is 35.9. The molecular formula is C47H92N2O9. The van der Waals surface area contributed by atoms with Crippen LogP contribution in [0.3, 0.4) is 0 Å². The molecule has 0 aromatic carbocycles. The average Bonchev–Trinajstić information content (AvgIpc) is 3.63. The van der Waals surface area contributed by atoms with Gasteiger partial charge in [-0.25, -0.2) is 0 Å². The van der Waals surface area contributed by atoms with Crippen molar-refractivity contribution in [3.05, 3.63) is 0 Å². The number of unbranched alkanes of at least 4 members (excludes halogenated alkanes) is 24. The molecule has 1 unspecified atom stereocenters. The number of rotatable bonds is 37. The van der Waals surface area contributed by atoms with Gasteiger partial charge in [-0.2, -0.15) is 0 Å². The van der Waals surface area contributed by atoms with Crippen LogP contribution in [0.2, 0.25) is 0 Å². The highest BCUT2D eigenvalue weighted by Crippen LogP contribution is 2.21. The number of carboxylic acid groups (broad SMARTS) is 2. The van der Waals surface area contributed by atoms with E-state index in [1.165, 1.54) is 141 Å². The number of ether oxygens (including phenoxy) is 3. The van der Waals surface area contributed by atoms with Crippen LogP contribution < -0.4 is 0 Å². The van der Waals surface area contributed by atoms with Crippen LogP contribution >= 0.6 is 0 Å². The molecule has 1 fully saturated rings. The molecule has 344 valence electrons. The molecule has 0 radical (unpaired) electrons. The van der Waals surface area contributed by atoms with E-state index < -0.39 is 18.2 Å². The molecule has 1 aliphatic heterocycles. The Labute approximate surface area is 356 Å². The third-order valence-electron chi connectivity index (χ3n) is 10.3. The number of nitrogens with zero attached hydrogens (tertiary/aromatic N) is 2. The zero-order chi connectivity index (χ0) is 43.5. The first kappa shape index (κ1) is 57.9. The predicted octanol–water partition coefficient (Wildman–Crippen LogP) is 11.6. The Bertz CT molecular complexity index is 907. The van der Waals surface area contributed by atoms with E-state index in [2.05, 4.69) is 13.8 Å². The molecule has 1 heterocycles. The van der Waals surface area contributed by atoms with Crippen molar-refractivity contribution in [2.75, 3.05) is 47.9 Å². The molecule has 0 bridgehead atoms. The summed E-state index contributed by atoms with van der Waals surface area (Å²) in [5.74, 6) is -1.80. The Morgan fingerprint density at radius 2 is 0.810 bits per heavy atom. The second-order valence-corrected chi connectivity index (χ2v) is 16.8. The number of carbonyl (C=O) groups is 4. The molecule has 0 spiro atoms. The molecular weight excluding hydrogens is 737 g/mol. The van der Waals surface area contributed by atoms with Gasteiger partial charge in [0, 0.05) is 32.4 Å². The first-order chi connectivity index (χ1) is 27.9. The molecule has 0 aromatic heterocycles. The lowest BCUT2D eigenvalue weighted by atomic mass is 10.0. The number of hydrogen-bond acceptors (Lipinski definition) is 9. The lowest BCUT2D eigenvalue weighted by Crippen LogP contribution is -2.25. The van der Waals surface area contributed by atoms with Gasteiger partial charge in [-0.05, 0) is 47.5 Å². The van der Waals surface area contributed by atoms with Gasteiger partial charge in [0.1, 0.15) is 6.61 Å².